The van der Waals surface area contributed by atoms with Crippen LogP contribution < -0.4 is 10.6 Å². The third kappa shape index (κ3) is 10.4. The zero-order chi connectivity index (χ0) is 20.6. The van der Waals surface area contributed by atoms with E-state index in [0.717, 1.165) is 18.7 Å². The lowest BCUT2D eigenvalue weighted by Crippen LogP contribution is -2.24. The number of carbonyl (C=O) groups excluding carboxylic acids is 2. The molecule has 2 amide bonds. The first kappa shape index (κ1) is 23.3. The van der Waals surface area contributed by atoms with E-state index in [-0.39, 0.29) is 11.8 Å². The number of rotatable bonds is 10. The Balaban J connectivity index is 0.000000696. The second-order valence-electron chi connectivity index (χ2n) is 6.57. The summed E-state index contributed by atoms with van der Waals surface area (Å²) in [6.45, 7) is 4.77. The van der Waals surface area contributed by atoms with E-state index in [4.69, 9.17) is 0 Å². The van der Waals surface area contributed by atoms with Gasteiger partial charge >= 0.3 is 0 Å². The van der Waals surface area contributed by atoms with Crippen molar-refractivity contribution in [1.82, 2.24) is 25.4 Å². The largest absolute Gasteiger partial charge is 0.359 e. The van der Waals surface area contributed by atoms with Gasteiger partial charge in [0, 0.05) is 20.4 Å². The molecule has 0 atom stereocenters. The molecule has 2 N–H and O–H groups in total. The summed E-state index contributed by atoms with van der Waals surface area (Å²) >= 11 is 0. The number of nitrogens with zero attached hydrogens (tertiary/aromatic N) is 3. The van der Waals surface area contributed by atoms with Crippen LogP contribution in [0.5, 0.6) is 0 Å². The van der Waals surface area contributed by atoms with Crippen LogP contribution in [0.1, 0.15) is 63.8 Å². The highest BCUT2D eigenvalue weighted by atomic mass is 16.2. The van der Waals surface area contributed by atoms with Crippen molar-refractivity contribution < 1.29 is 9.59 Å². The van der Waals surface area contributed by atoms with E-state index in [1.54, 1.807) is 7.05 Å². The molecule has 2 rings (SSSR count). The van der Waals surface area contributed by atoms with E-state index >= 15 is 0 Å². The van der Waals surface area contributed by atoms with E-state index in [1.165, 1.54) is 38.1 Å². The summed E-state index contributed by atoms with van der Waals surface area (Å²) in [6, 6.07) is 10.1. The summed E-state index contributed by atoms with van der Waals surface area (Å²) in [6.07, 6.45) is 7.92. The third-order valence-corrected chi connectivity index (χ3v) is 4.17. The number of hydrogen-bond donors (Lipinski definition) is 2. The Morgan fingerprint density at radius 1 is 1.07 bits per heavy atom. The molecule has 7 heteroatoms. The lowest BCUT2D eigenvalue weighted by Gasteiger charge is -2.08. The topological polar surface area (TPSA) is 88.9 Å². The van der Waals surface area contributed by atoms with Gasteiger partial charge < -0.3 is 10.6 Å². The van der Waals surface area contributed by atoms with E-state index in [9.17, 15) is 9.59 Å². The molecule has 0 aliphatic heterocycles. The third-order valence-electron chi connectivity index (χ3n) is 4.17. The fraction of sp³-hybridized carbons (Fsp3) is 0.524. The molecule has 0 spiro atoms. The van der Waals surface area contributed by atoms with Crippen LogP contribution in [-0.2, 0) is 22.7 Å². The highest BCUT2D eigenvalue weighted by Crippen LogP contribution is 2.06. The van der Waals surface area contributed by atoms with Gasteiger partial charge in [-0.3, -0.25) is 9.59 Å². The van der Waals surface area contributed by atoms with Crippen LogP contribution in [0, 0.1) is 0 Å². The molecule has 0 fully saturated rings. The molecule has 0 unspecified atom stereocenters. The number of amides is 2. The molecule has 1 heterocycles. The molecule has 2 aromatic rings. The monoisotopic (exact) mass is 387 g/mol. The Kier molecular flexibility index (Phi) is 12.0. The lowest BCUT2D eigenvalue weighted by atomic mass is 10.1. The smallest absolute Gasteiger partial charge is 0.220 e. The quantitative estimate of drug-likeness (QED) is 0.613. The molecule has 7 nitrogen and oxygen atoms in total. The van der Waals surface area contributed by atoms with E-state index in [1.807, 2.05) is 22.9 Å². The average molecular weight is 388 g/mol. The zero-order valence-electron chi connectivity index (χ0n) is 17.3. The standard InChI is InChI=1S/C18H26N4O.C3H7NO/c1-2-3-4-5-9-12-18(23)19-13-17-20-15-21-22(17)14-16-10-7-6-8-11-16;1-3(5)4-2/h6-8,10-11,15H,2-5,9,12-14H2,1H3,(H,19,23);1-2H3,(H,4,5). The van der Waals surface area contributed by atoms with Crippen molar-refractivity contribution in [2.75, 3.05) is 7.05 Å². The fourth-order valence-electron chi connectivity index (χ4n) is 2.47. The maximum Gasteiger partial charge on any atom is 0.220 e. The van der Waals surface area contributed by atoms with Gasteiger partial charge in [0.1, 0.15) is 12.2 Å². The first-order valence-electron chi connectivity index (χ1n) is 9.92. The van der Waals surface area contributed by atoms with Crippen molar-refractivity contribution >= 4 is 11.8 Å². The van der Waals surface area contributed by atoms with Gasteiger partial charge in [-0.15, -0.1) is 0 Å². The van der Waals surface area contributed by atoms with Crippen LogP contribution in [0.15, 0.2) is 36.7 Å². The molecule has 0 saturated carbocycles. The molecule has 0 radical (unpaired) electrons. The highest BCUT2D eigenvalue weighted by Gasteiger charge is 2.07. The molecule has 0 aliphatic rings. The molecule has 154 valence electrons. The second-order valence-corrected chi connectivity index (χ2v) is 6.57. The Hall–Kier alpha value is -2.70. The zero-order valence-corrected chi connectivity index (χ0v) is 17.3. The van der Waals surface area contributed by atoms with Crippen molar-refractivity contribution in [2.45, 2.75) is 65.5 Å². The number of unbranched alkanes of at least 4 members (excludes halogenated alkanes) is 4. The number of hydrogen-bond acceptors (Lipinski definition) is 4. The number of carbonyl (C=O) groups is 2. The van der Waals surface area contributed by atoms with Gasteiger partial charge in [-0.2, -0.15) is 5.10 Å². The Morgan fingerprint density at radius 2 is 1.75 bits per heavy atom. The summed E-state index contributed by atoms with van der Waals surface area (Å²) in [4.78, 5) is 25.8. The Labute approximate surface area is 167 Å². The summed E-state index contributed by atoms with van der Waals surface area (Å²) in [7, 11) is 1.60. The van der Waals surface area contributed by atoms with E-state index in [2.05, 4.69) is 39.8 Å². The predicted molar refractivity (Wildman–Crippen MR) is 111 cm³/mol. The van der Waals surface area contributed by atoms with Crippen LogP contribution in [0.2, 0.25) is 0 Å². The number of aromatic nitrogens is 3. The second kappa shape index (κ2) is 14.4. The number of benzene rings is 1. The molecule has 0 saturated heterocycles. The summed E-state index contributed by atoms with van der Waals surface area (Å²) in [5.41, 5.74) is 1.17. The Morgan fingerprint density at radius 3 is 2.39 bits per heavy atom. The van der Waals surface area contributed by atoms with Crippen LogP contribution in [0.4, 0.5) is 0 Å². The van der Waals surface area contributed by atoms with Gasteiger partial charge in [0.05, 0.1) is 13.1 Å². The van der Waals surface area contributed by atoms with Crippen molar-refractivity contribution in [3.63, 3.8) is 0 Å². The van der Waals surface area contributed by atoms with E-state index in [0.29, 0.717) is 19.5 Å². The minimum Gasteiger partial charge on any atom is -0.359 e. The fourth-order valence-corrected chi connectivity index (χ4v) is 2.47. The normalized spacial score (nSPS) is 9.96. The lowest BCUT2D eigenvalue weighted by molar-refractivity contribution is -0.121. The molecule has 0 bridgehead atoms. The SMILES string of the molecule is CCCCCCCC(=O)NCc1ncnn1Cc1ccccc1.CNC(C)=O. The first-order valence-corrected chi connectivity index (χ1v) is 9.92. The minimum absolute atomic E-state index is 0.00463. The van der Waals surface area contributed by atoms with Gasteiger partial charge in [-0.25, -0.2) is 9.67 Å². The summed E-state index contributed by atoms with van der Waals surface area (Å²) in [5, 5.41) is 9.57. The molecular formula is C21H33N5O2. The molecule has 1 aromatic heterocycles. The van der Waals surface area contributed by atoms with Crippen LogP contribution >= 0.6 is 0 Å². The van der Waals surface area contributed by atoms with Gasteiger partial charge in [0.25, 0.3) is 0 Å². The van der Waals surface area contributed by atoms with Gasteiger partial charge in [0.2, 0.25) is 11.8 Å². The summed E-state index contributed by atoms with van der Waals surface area (Å²) in [5.74, 6) is 0.883. The molecule has 1 aromatic carbocycles. The van der Waals surface area contributed by atoms with Crippen molar-refractivity contribution in [1.29, 1.82) is 0 Å². The van der Waals surface area contributed by atoms with Crippen molar-refractivity contribution in [2.24, 2.45) is 0 Å². The Bertz CT molecular complexity index is 685. The van der Waals surface area contributed by atoms with Crippen molar-refractivity contribution in [3.05, 3.63) is 48.0 Å². The maximum absolute atomic E-state index is 11.9. The van der Waals surface area contributed by atoms with E-state index < -0.39 is 0 Å². The maximum atomic E-state index is 11.9. The molecule has 28 heavy (non-hydrogen) atoms. The van der Waals surface area contributed by atoms with Gasteiger partial charge in [-0.1, -0.05) is 62.9 Å². The molecular weight excluding hydrogens is 354 g/mol. The van der Waals surface area contributed by atoms with Crippen LogP contribution in [-0.4, -0.2) is 33.6 Å². The first-order chi connectivity index (χ1) is 13.6. The van der Waals surface area contributed by atoms with Gasteiger partial charge in [-0.05, 0) is 12.0 Å². The number of nitrogens with one attached hydrogen (secondary N) is 2. The van der Waals surface area contributed by atoms with Crippen LogP contribution in [0.25, 0.3) is 0 Å². The molecule has 0 aliphatic carbocycles. The summed E-state index contributed by atoms with van der Waals surface area (Å²) < 4.78 is 1.83. The highest BCUT2D eigenvalue weighted by molar-refractivity contribution is 5.75. The van der Waals surface area contributed by atoms with Gasteiger partial charge in [0.15, 0.2) is 0 Å². The van der Waals surface area contributed by atoms with Crippen LogP contribution in [0.3, 0.4) is 0 Å². The van der Waals surface area contributed by atoms with Crippen molar-refractivity contribution in [3.8, 4) is 0 Å². The predicted octanol–water partition coefficient (Wildman–Crippen LogP) is 3.06. The average Bonchev–Trinajstić information content (AvgIpc) is 3.14. The minimum atomic E-state index is 0.00463.